The van der Waals surface area contributed by atoms with Crippen molar-refractivity contribution in [1.29, 1.82) is 0 Å². The number of carbonyl (C=O) groups is 1. The Morgan fingerprint density at radius 3 is 2.54 bits per heavy atom. The van der Waals surface area contributed by atoms with E-state index >= 15 is 0 Å². The second-order valence-corrected chi connectivity index (χ2v) is 8.43. The fraction of sp³-hybridized carbons (Fsp3) is 0.650. The molecular weight excluding hydrogens is 368 g/mol. The van der Waals surface area contributed by atoms with Crippen molar-refractivity contribution in [3.05, 3.63) is 23.8 Å². The molecule has 1 amide bonds. The summed E-state index contributed by atoms with van der Waals surface area (Å²) in [6.07, 6.45) is 7.64. The maximum atomic E-state index is 13.0. The second-order valence-electron chi connectivity index (χ2n) is 7.58. The van der Waals surface area contributed by atoms with Crippen LogP contribution in [0.25, 0.3) is 0 Å². The van der Waals surface area contributed by atoms with Crippen molar-refractivity contribution in [2.75, 3.05) is 20.4 Å². The number of benzene rings is 1. The zero-order valence-corrected chi connectivity index (χ0v) is 17.6. The number of halogens is 1. The van der Waals surface area contributed by atoms with Crippen LogP contribution in [0.4, 0.5) is 0 Å². The molecule has 2 aliphatic rings. The lowest BCUT2D eigenvalue weighted by Crippen LogP contribution is -2.49. The third-order valence-electron chi connectivity index (χ3n) is 6.01. The summed E-state index contributed by atoms with van der Waals surface area (Å²) in [5, 5.41) is 0. The minimum Gasteiger partial charge on any atom is -0.496 e. The molecule has 4 nitrogen and oxygen atoms in total. The van der Waals surface area contributed by atoms with Crippen LogP contribution in [-0.2, 0) is 11.3 Å². The number of ether oxygens (including phenoxy) is 1. The monoisotopic (exact) mass is 398 g/mol. The Balaban J connectivity index is 0.00000243. The first-order chi connectivity index (χ1) is 12.0. The fourth-order valence-corrected chi connectivity index (χ4v) is 5.18. The van der Waals surface area contributed by atoms with Gasteiger partial charge in [0.05, 0.1) is 7.11 Å². The summed E-state index contributed by atoms with van der Waals surface area (Å²) in [7, 11) is 3.61. The molecule has 2 N–H and O–H groups in total. The van der Waals surface area contributed by atoms with E-state index < -0.39 is 0 Å². The molecule has 0 heterocycles. The van der Waals surface area contributed by atoms with Gasteiger partial charge in [0, 0.05) is 30.4 Å². The Labute approximate surface area is 167 Å². The molecule has 0 aromatic heterocycles. The Hall–Kier alpha value is -0.910. The molecule has 0 saturated heterocycles. The molecule has 2 unspecified atom stereocenters. The van der Waals surface area contributed by atoms with Gasteiger partial charge in [-0.05, 0) is 61.5 Å². The molecule has 2 fully saturated rings. The summed E-state index contributed by atoms with van der Waals surface area (Å²) in [6, 6.07) is 6.51. The van der Waals surface area contributed by atoms with Crippen LogP contribution in [0.2, 0.25) is 0 Å². The molecule has 1 aromatic carbocycles. The van der Waals surface area contributed by atoms with Crippen molar-refractivity contribution in [1.82, 2.24) is 4.90 Å². The maximum Gasteiger partial charge on any atom is 0.225 e. The number of nitrogens with two attached hydrogens (primary N) is 1. The Kier molecular flexibility index (Phi) is 7.68. The second kappa shape index (κ2) is 9.34. The van der Waals surface area contributed by atoms with E-state index in [1.165, 1.54) is 19.3 Å². The molecular formula is C20H31ClN2O2S. The summed E-state index contributed by atoms with van der Waals surface area (Å²) >= 11 is 1.67. The van der Waals surface area contributed by atoms with Gasteiger partial charge in [-0.2, -0.15) is 0 Å². The molecule has 6 heteroatoms. The van der Waals surface area contributed by atoms with E-state index in [1.807, 2.05) is 24.3 Å². The number of fused-ring (bicyclic) bond motifs is 2. The highest BCUT2D eigenvalue weighted by Gasteiger charge is 2.41. The highest BCUT2D eigenvalue weighted by atomic mass is 35.5. The molecule has 2 saturated carbocycles. The first kappa shape index (κ1) is 21.4. The van der Waals surface area contributed by atoms with Gasteiger partial charge in [-0.3, -0.25) is 4.79 Å². The molecule has 2 bridgehead atoms. The minimum atomic E-state index is 0. The Morgan fingerprint density at radius 1 is 1.31 bits per heavy atom. The Bertz CT molecular complexity index is 614. The fourth-order valence-electron chi connectivity index (χ4n) is 4.63. The third kappa shape index (κ3) is 4.49. The quantitative estimate of drug-likeness (QED) is 0.763. The van der Waals surface area contributed by atoms with E-state index in [9.17, 15) is 4.79 Å². The average molecular weight is 399 g/mol. The molecule has 1 aromatic rings. The number of rotatable bonds is 5. The molecule has 0 aliphatic heterocycles. The van der Waals surface area contributed by atoms with Crippen LogP contribution in [0.3, 0.4) is 0 Å². The first-order valence-electron chi connectivity index (χ1n) is 9.25. The molecule has 0 radical (unpaired) electrons. The smallest absolute Gasteiger partial charge is 0.225 e. The van der Waals surface area contributed by atoms with E-state index in [-0.39, 0.29) is 24.2 Å². The van der Waals surface area contributed by atoms with Crippen molar-refractivity contribution in [3.8, 4) is 5.75 Å². The van der Waals surface area contributed by atoms with Gasteiger partial charge in [0.15, 0.2) is 0 Å². The van der Waals surface area contributed by atoms with Crippen LogP contribution < -0.4 is 10.5 Å². The summed E-state index contributed by atoms with van der Waals surface area (Å²) in [5.74, 6) is 2.37. The third-order valence-corrected chi connectivity index (χ3v) is 6.78. The van der Waals surface area contributed by atoms with Crippen molar-refractivity contribution in [2.45, 2.75) is 49.6 Å². The van der Waals surface area contributed by atoms with Gasteiger partial charge >= 0.3 is 0 Å². The van der Waals surface area contributed by atoms with E-state index in [2.05, 4.69) is 12.1 Å². The zero-order chi connectivity index (χ0) is 18.0. The summed E-state index contributed by atoms with van der Waals surface area (Å²) < 4.78 is 5.46. The number of nitrogens with zero attached hydrogens (tertiary/aromatic N) is 1. The lowest BCUT2D eigenvalue weighted by Gasteiger charge is -2.44. The molecule has 0 spiro atoms. The molecule has 26 heavy (non-hydrogen) atoms. The number of carbonyl (C=O) groups excluding carboxylic acids is 1. The van der Waals surface area contributed by atoms with Gasteiger partial charge in [0.25, 0.3) is 0 Å². The van der Waals surface area contributed by atoms with Crippen molar-refractivity contribution < 1.29 is 9.53 Å². The van der Waals surface area contributed by atoms with Gasteiger partial charge in [-0.1, -0.05) is 12.5 Å². The molecule has 2 aliphatic carbocycles. The average Bonchev–Trinajstić information content (AvgIpc) is 2.60. The lowest BCUT2D eigenvalue weighted by atomic mass is 9.65. The molecule has 3 rings (SSSR count). The standard InChI is InChI=1S/C20H30N2O2S.ClH/c1-22(12-13-7-8-18(25-3)17(9-13)24-2)20(23)16-10-14-5-4-6-15(11-16)19(14)21;/h7-9,14-16,19H,4-6,10-12,21H2,1-3H3;1H. The van der Waals surface area contributed by atoms with E-state index in [0.29, 0.717) is 24.4 Å². The SMILES string of the molecule is COc1cc(CN(C)C(=O)C2CC3CCCC(C2)C3N)ccc1SC.Cl. The highest BCUT2D eigenvalue weighted by Crippen LogP contribution is 2.42. The highest BCUT2D eigenvalue weighted by molar-refractivity contribution is 7.98. The summed E-state index contributed by atoms with van der Waals surface area (Å²) in [6.45, 7) is 0.627. The van der Waals surface area contributed by atoms with Gasteiger partial charge in [-0.15, -0.1) is 24.2 Å². The number of hydrogen-bond donors (Lipinski definition) is 1. The van der Waals surface area contributed by atoms with Gasteiger partial charge in [0.1, 0.15) is 5.75 Å². The van der Waals surface area contributed by atoms with Gasteiger partial charge in [0.2, 0.25) is 5.91 Å². The van der Waals surface area contributed by atoms with Gasteiger partial charge < -0.3 is 15.4 Å². The predicted molar refractivity (Wildman–Crippen MR) is 110 cm³/mol. The van der Waals surface area contributed by atoms with Crippen molar-refractivity contribution in [3.63, 3.8) is 0 Å². The first-order valence-corrected chi connectivity index (χ1v) is 10.5. The minimum absolute atomic E-state index is 0. The van der Waals surface area contributed by atoms with Crippen LogP contribution in [0.5, 0.6) is 5.75 Å². The molecule has 146 valence electrons. The number of methoxy groups -OCH3 is 1. The van der Waals surface area contributed by atoms with E-state index in [1.54, 1.807) is 18.9 Å². The van der Waals surface area contributed by atoms with Crippen LogP contribution >= 0.6 is 24.2 Å². The zero-order valence-electron chi connectivity index (χ0n) is 15.9. The van der Waals surface area contributed by atoms with Crippen LogP contribution in [0.1, 0.15) is 37.7 Å². The van der Waals surface area contributed by atoms with Gasteiger partial charge in [-0.25, -0.2) is 0 Å². The predicted octanol–water partition coefficient (Wildman–Crippen LogP) is 3.95. The largest absolute Gasteiger partial charge is 0.496 e. The van der Waals surface area contributed by atoms with Crippen LogP contribution in [-0.4, -0.2) is 37.3 Å². The van der Waals surface area contributed by atoms with Crippen LogP contribution in [0, 0.1) is 17.8 Å². The van der Waals surface area contributed by atoms with Crippen molar-refractivity contribution >= 4 is 30.1 Å². The lowest BCUT2D eigenvalue weighted by molar-refractivity contribution is -0.137. The maximum absolute atomic E-state index is 13.0. The normalized spacial score (nSPS) is 27.4. The van der Waals surface area contributed by atoms with Crippen LogP contribution in [0.15, 0.2) is 23.1 Å². The van der Waals surface area contributed by atoms with E-state index in [4.69, 9.17) is 10.5 Å². The van der Waals surface area contributed by atoms with Crippen molar-refractivity contribution in [2.24, 2.45) is 23.5 Å². The number of amides is 1. The summed E-state index contributed by atoms with van der Waals surface area (Å²) in [5.41, 5.74) is 7.47. The molecule has 2 atom stereocenters. The van der Waals surface area contributed by atoms with E-state index in [0.717, 1.165) is 29.1 Å². The Morgan fingerprint density at radius 2 is 1.96 bits per heavy atom. The summed E-state index contributed by atoms with van der Waals surface area (Å²) in [4.78, 5) is 16.0. The number of thioether (sulfide) groups is 1. The topological polar surface area (TPSA) is 55.6 Å². The number of hydrogen-bond acceptors (Lipinski definition) is 4.